The van der Waals surface area contributed by atoms with Crippen LogP contribution in [0.15, 0.2) is 54.6 Å². The normalized spacial score (nSPS) is 15.5. The van der Waals surface area contributed by atoms with Gasteiger partial charge in [-0.05, 0) is 79.4 Å². The van der Waals surface area contributed by atoms with E-state index >= 15 is 0 Å². The molecule has 0 spiro atoms. The van der Waals surface area contributed by atoms with Gasteiger partial charge in [0.05, 0.1) is 25.7 Å². The number of benzene rings is 3. The molecule has 3 aromatic rings. The van der Waals surface area contributed by atoms with Crippen LogP contribution < -0.4 is 14.4 Å². The van der Waals surface area contributed by atoms with Crippen molar-refractivity contribution in [1.29, 1.82) is 0 Å². The van der Waals surface area contributed by atoms with Gasteiger partial charge in [0, 0.05) is 15.7 Å². The average molecular weight is 470 g/mol. The maximum absolute atomic E-state index is 13.5. The second-order valence-electron chi connectivity index (χ2n) is 7.70. The zero-order chi connectivity index (χ0) is 22.8. The quantitative estimate of drug-likeness (QED) is 0.399. The van der Waals surface area contributed by atoms with Crippen molar-refractivity contribution in [2.24, 2.45) is 0 Å². The fourth-order valence-corrected chi connectivity index (χ4v) is 4.50. The van der Waals surface area contributed by atoms with Gasteiger partial charge >= 0.3 is 0 Å². The predicted molar refractivity (Wildman–Crippen MR) is 129 cm³/mol. The van der Waals surface area contributed by atoms with Crippen molar-refractivity contribution < 1.29 is 14.3 Å². The summed E-state index contributed by atoms with van der Waals surface area (Å²) in [4.78, 5) is 15.3. The van der Waals surface area contributed by atoms with Gasteiger partial charge in [-0.3, -0.25) is 4.79 Å². The van der Waals surface area contributed by atoms with E-state index in [1.807, 2.05) is 75.4 Å². The molecule has 1 heterocycles. The standard InChI is InChI=1S/C26H25Cl2NO3/c1-4-31-23-12-18-13-25(30)29(20-10-9-16(3)22(28)14-20)26(17-7-6-8-19(27)11-17)21(18)15-24(23)32-5-2/h6-12,14-15,26H,4-5,13H2,1-3H3/t26-/m0/s1. The number of fused-ring (bicyclic) bond motifs is 1. The van der Waals surface area contributed by atoms with Crippen molar-refractivity contribution >= 4 is 34.8 Å². The Hall–Kier alpha value is -2.69. The largest absolute Gasteiger partial charge is 0.490 e. The summed E-state index contributed by atoms with van der Waals surface area (Å²) in [5.74, 6) is 1.29. The van der Waals surface area contributed by atoms with E-state index in [-0.39, 0.29) is 18.4 Å². The van der Waals surface area contributed by atoms with Crippen molar-refractivity contribution in [1.82, 2.24) is 0 Å². The molecular formula is C26H25Cl2NO3. The number of amides is 1. The Balaban J connectivity index is 1.94. The van der Waals surface area contributed by atoms with Crippen LogP contribution in [0.25, 0.3) is 0 Å². The van der Waals surface area contributed by atoms with Crippen molar-refractivity contribution in [3.05, 3.63) is 86.9 Å². The molecule has 0 saturated carbocycles. The number of halogens is 2. The van der Waals surface area contributed by atoms with Crippen LogP contribution in [0.4, 0.5) is 5.69 Å². The number of aryl methyl sites for hydroxylation is 1. The van der Waals surface area contributed by atoms with Gasteiger partial charge in [-0.25, -0.2) is 0 Å². The highest BCUT2D eigenvalue weighted by Gasteiger charge is 2.36. The molecule has 0 N–H and O–H groups in total. The maximum atomic E-state index is 13.5. The van der Waals surface area contributed by atoms with Gasteiger partial charge in [-0.2, -0.15) is 0 Å². The maximum Gasteiger partial charge on any atom is 0.232 e. The zero-order valence-electron chi connectivity index (χ0n) is 18.3. The molecule has 0 fully saturated rings. The summed E-state index contributed by atoms with van der Waals surface area (Å²) in [6.07, 6.45) is 0.254. The molecule has 1 atom stereocenters. The Kier molecular flexibility index (Phi) is 6.63. The summed E-state index contributed by atoms with van der Waals surface area (Å²) in [7, 11) is 0. The molecule has 4 nitrogen and oxygen atoms in total. The van der Waals surface area contributed by atoms with Crippen LogP contribution in [0.5, 0.6) is 11.5 Å². The van der Waals surface area contributed by atoms with Crippen LogP contribution in [0.2, 0.25) is 10.0 Å². The van der Waals surface area contributed by atoms with E-state index in [0.717, 1.165) is 27.9 Å². The molecule has 1 amide bonds. The summed E-state index contributed by atoms with van der Waals surface area (Å²) in [5.41, 5.74) is 4.51. The van der Waals surface area contributed by atoms with Gasteiger partial charge in [0.15, 0.2) is 11.5 Å². The van der Waals surface area contributed by atoms with Crippen LogP contribution >= 0.6 is 23.2 Å². The van der Waals surface area contributed by atoms with E-state index in [4.69, 9.17) is 32.7 Å². The van der Waals surface area contributed by atoms with E-state index in [9.17, 15) is 4.79 Å². The first-order chi connectivity index (χ1) is 15.4. The minimum Gasteiger partial charge on any atom is -0.490 e. The number of anilines is 1. The van der Waals surface area contributed by atoms with Crippen LogP contribution in [0, 0.1) is 6.92 Å². The Morgan fingerprint density at radius 2 is 1.69 bits per heavy atom. The first-order valence-corrected chi connectivity index (χ1v) is 11.4. The van der Waals surface area contributed by atoms with Gasteiger partial charge in [0.1, 0.15) is 0 Å². The van der Waals surface area contributed by atoms with Crippen molar-refractivity contribution in [3.63, 3.8) is 0 Å². The molecule has 32 heavy (non-hydrogen) atoms. The highest BCUT2D eigenvalue weighted by Crippen LogP contribution is 2.44. The van der Waals surface area contributed by atoms with E-state index in [0.29, 0.717) is 34.8 Å². The third-order valence-corrected chi connectivity index (χ3v) is 6.21. The molecule has 0 saturated heterocycles. The van der Waals surface area contributed by atoms with E-state index < -0.39 is 0 Å². The highest BCUT2D eigenvalue weighted by atomic mass is 35.5. The van der Waals surface area contributed by atoms with Gasteiger partial charge in [0.25, 0.3) is 0 Å². The molecule has 1 aliphatic heterocycles. The SMILES string of the molecule is CCOc1cc2c(cc1OCC)[C@H](c1cccc(Cl)c1)N(c1ccc(C)c(Cl)c1)C(=O)C2. The predicted octanol–water partition coefficient (Wildman–Crippen LogP) is 6.78. The molecule has 0 aromatic heterocycles. The summed E-state index contributed by atoms with van der Waals surface area (Å²) in [6.45, 7) is 6.83. The van der Waals surface area contributed by atoms with Crippen LogP contribution in [-0.4, -0.2) is 19.1 Å². The second kappa shape index (κ2) is 9.43. The minimum absolute atomic E-state index is 0.0194. The highest BCUT2D eigenvalue weighted by molar-refractivity contribution is 6.31. The molecule has 4 rings (SSSR count). The fraction of sp³-hybridized carbons (Fsp3) is 0.269. The van der Waals surface area contributed by atoms with E-state index in [1.54, 1.807) is 4.90 Å². The molecule has 0 aliphatic carbocycles. The van der Waals surface area contributed by atoms with E-state index in [2.05, 4.69) is 0 Å². The molecule has 0 unspecified atom stereocenters. The summed E-state index contributed by atoms with van der Waals surface area (Å²) in [6, 6.07) is 16.9. The van der Waals surface area contributed by atoms with Crippen molar-refractivity contribution in [2.75, 3.05) is 18.1 Å². The lowest BCUT2D eigenvalue weighted by atomic mass is 9.86. The number of hydrogen-bond acceptors (Lipinski definition) is 3. The third kappa shape index (κ3) is 4.30. The lowest BCUT2D eigenvalue weighted by Gasteiger charge is -2.38. The summed E-state index contributed by atoms with van der Waals surface area (Å²) >= 11 is 12.8. The molecule has 166 valence electrons. The Morgan fingerprint density at radius 3 is 2.34 bits per heavy atom. The average Bonchev–Trinajstić information content (AvgIpc) is 2.76. The molecule has 0 radical (unpaired) electrons. The first-order valence-electron chi connectivity index (χ1n) is 10.7. The fourth-order valence-electron chi connectivity index (χ4n) is 4.12. The lowest BCUT2D eigenvalue weighted by molar-refractivity contribution is -0.118. The Bertz CT molecular complexity index is 1160. The second-order valence-corrected chi connectivity index (χ2v) is 8.54. The van der Waals surface area contributed by atoms with Gasteiger partial charge in [0.2, 0.25) is 5.91 Å². The topological polar surface area (TPSA) is 38.8 Å². The lowest BCUT2D eigenvalue weighted by Crippen LogP contribution is -2.41. The van der Waals surface area contributed by atoms with Gasteiger partial charge in [-0.15, -0.1) is 0 Å². The van der Waals surface area contributed by atoms with E-state index in [1.165, 1.54) is 0 Å². The van der Waals surface area contributed by atoms with Crippen molar-refractivity contribution in [3.8, 4) is 11.5 Å². The monoisotopic (exact) mass is 469 g/mol. The van der Waals surface area contributed by atoms with Crippen LogP contribution in [0.1, 0.15) is 42.1 Å². The van der Waals surface area contributed by atoms with Crippen LogP contribution in [0.3, 0.4) is 0 Å². The minimum atomic E-state index is -0.376. The molecular weight excluding hydrogens is 445 g/mol. The number of nitrogens with zero attached hydrogens (tertiary/aromatic N) is 1. The van der Waals surface area contributed by atoms with Gasteiger partial charge < -0.3 is 14.4 Å². The molecule has 0 bridgehead atoms. The number of rotatable bonds is 6. The first kappa shape index (κ1) is 22.5. The number of carbonyl (C=O) groups is 1. The number of hydrogen-bond donors (Lipinski definition) is 0. The Labute approximate surface area is 198 Å². The smallest absolute Gasteiger partial charge is 0.232 e. The van der Waals surface area contributed by atoms with Crippen molar-refractivity contribution in [2.45, 2.75) is 33.2 Å². The third-order valence-electron chi connectivity index (χ3n) is 5.57. The zero-order valence-corrected chi connectivity index (χ0v) is 19.8. The Morgan fingerprint density at radius 1 is 0.969 bits per heavy atom. The van der Waals surface area contributed by atoms with Gasteiger partial charge in [-0.1, -0.05) is 41.4 Å². The molecule has 1 aliphatic rings. The molecule has 6 heteroatoms. The summed E-state index contributed by atoms with van der Waals surface area (Å²) in [5, 5.41) is 1.23. The number of carbonyl (C=O) groups excluding carboxylic acids is 1. The summed E-state index contributed by atoms with van der Waals surface area (Å²) < 4.78 is 11.7. The number of ether oxygens (including phenoxy) is 2. The van der Waals surface area contributed by atoms with Crippen LogP contribution in [-0.2, 0) is 11.2 Å². The molecule has 3 aromatic carbocycles.